The fraction of sp³-hybridized carbons (Fsp3) is 0.600. The topological polar surface area (TPSA) is 62.7 Å². The Hall–Kier alpha value is -0.980. The van der Waals surface area contributed by atoms with Gasteiger partial charge in [0, 0.05) is 18.0 Å². The van der Waals surface area contributed by atoms with E-state index < -0.39 is 5.97 Å². The number of carboxylic acids is 1. The third-order valence-corrected chi connectivity index (χ3v) is 3.62. The number of rotatable bonds is 2. The molecular formula is C10H14N2O3S. The van der Waals surface area contributed by atoms with Crippen molar-refractivity contribution >= 4 is 17.3 Å². The summed E-state index contributed by atoms with van der Waals surface area (Å²) in [6.07, 6.45) is -0.0875. The van der Waals surface area contributed by atoms with Crippen LogP contribution in [0, 0.1) is 6.92 Å². The lowest BCUT2D eigenvalue weighted by Gasteiger charge is -2.28. The van der Waals surface area contributed by atoms with Crippen LogP contribution >= 0.6 is 11.3 Å². The smallest absolute Gasteiger partial charge is 0.355 e. The lowest BCUT2D eigenvalue weighted by Crippen LogP contribution is -2.35. The maximum atomic E-state index is 10.9. The number of aromatic nitrogens is 1. The van der Waals surface area contributed by atoms with Crippen LogP contribution in [0.1, 0.15) is 26.5 Å². The molecule has 1 aliphatic rings. The summed E-state index contributed by atoms with van der Waals surface area (Å²) in [5.41, 5.74) is 0.150. The molecule has 1 atom stereocenters. The molecule has 1 N–H and O–H groups in total. The number of ether oxygens (including phenoxy) is 1. The molecular weight excluding hydrogens is 228 g/mol. The van der Waals surface area contributed by atoms with Crippen molar-refractivity contribution in [2.45, 2.75) is 13.0 Å². The molecule has 0 aromatic carbocycles. The third kappa shape index (κ3) is 2.23. The molecule has 0 amide bonds. The van der Waals surface area contributed by atoms with E-state index in [0.29, 0.717) is 6.61 Å². The zero-order valence-corrected chi connectivity index (χ0v) is 10.1. The number of carboxylic acid groups (broad SMARTS) is 1. The van der Waals surface area contributed by atoms with E-state index in [9.17, 15) is 4.79 Å². The summed E-state index contributed by atoms with van der Waals surface area (Å²) >= 11 is 1.41. The number of thiazole rings is 1. The molecule has 1 aromatic rings. The largest absolute Gasteiger partial charge is 0.476 e. The van der Waals surface area contributed by atoms with Crippen molar-refractivity contribution in [3.8, 4) is 0 Å². The van der Waals surface area contributed by atoms with Gasteiger partial charge in [-0.2, -0.15) is 0 Å². The minimum atomic E-state index is -0.968. The van der Waals surface area contributed by atoms with E-state index in [4.69, 9.17) is 9.84 Å². The Balaban J connectivity index is 2.20. The van der Waals surface area contributed by atoms with Crippen LogP contribution in [0.2, 0.25) is 0 Å². The van der Waals surface area contributed by atoms with Crippen molar-refractivity contribution in [3.63, 3.8) is 0 Å². The first-order chi connectivity index (χ1) is 7.58. The van der Waals surface area contributed by atoms with Gasteiger partial charge in [0.1, 0.15) is 11.1 Å². The molecule has 1 saturated heterocycles. The first-order valence-corrected chi connectivity index (χ1v) is 5.90. The van der Waals surface area contributed by atoms with Gasteiger partial charge in [-0.25, -0.2) is 9.78 Å². The normalized spacial score (nSPS) is 22.2. The number of aromatic carboxylic acids is 1. The maximum Gasteiger partial charge on any atom is 0.355 e. The number of hydrogen-bond acceptors (Lipinski definition) is 5. The highest BCUT2D eigenvalue weighted by atomic mass is 32.1. The molecule has 2 heterocycles. The van der Waals surface area contributed by atoms with Gasteiger partial charge < -0.3 is 14.7 Å². The van der Waals surface area contributed by atoms with Crippen LogP contribution in [0.4, 0.5) is 0 Å². The SMILES string of the molecule is Cc1sc(C2CN(C)CCO2)nc1C(=O)O. The number of nitrogens with zero attached hydrogens (tertiary/aromatic N) is 2. The van der Waals surface area contributed by atoms with Gasteiger partial charge in [0.25, 0.3) is 0 Å². The van der Waals surface area contributed by atoms with Crippen molar-refractivity contribution in [2.75, 3.05) is 26.7 Å². The van der Waals surface area contributed by atoms with E-state index in [0.717, 1.165) is 23.0 Å². The fourth-order valence-corrected chi connectivity index (χ4v) is 2.63. The fourth-order valence-electron chi connectivity index (χ4n) is 1.68. The molecule has 1 aromatic heterocycles. The van der Waals surface area contributed by atoms with E-state index in [1.54, 1.807) is 6.92 Å². The molecule has 2 rings (SSSR count). The second kappa shape index (κ2) is 4.48. The second-order valence-corrected chi connectivity index (χ2v) is 5.12. The van der Waals surface area contributed by atoms with Gasteiger partial charge >= 0.3 is 5.97 Å². The average Bonchev–Trinajstić information content (AvgIpc) is 2.60. The number of hydrogen-bond donors (Lipinski definition) is 1. The molecule has 1 fully saturated rings. The molecule has 16 heavy (non-hydrogen) atoms. The van der Waals surface area contributed by atoms with E-state index in [1.165, 1.54) is 11.3 Å². The number of carbonyl (C=O) groups is 1. The van der Waals surface area contributed by atoms with Crippen molar-refractivity contribution in [2.24, 2.45) is 0 Å². The average molecular weight is 242 g/mol. The van der Waals surface area contributed by atoms with E-state index in [1.807, 2.05) is 7.05 Å². The predicted molar refractivity (Wildman–Crippen MR) is 60.0 cm³/mol. The summed E-state index contributed by atoms with van der Waals surface area (Å²) in [5, 5.41) is 9.69. The first kappa shape index (κ1) is 11.5. The van der Waals surface area contributed by atoms with E-state index in [-0.39, 0.29) is 11.8 Å². The molecule has 0 radical (unpaired) electrons. The van der Waals surface area contributed by atoms with Gasteiger partial charge in [0.15, 0.2) is 5.69 Å². The predicted octanol–water partition coefficient (Wildman–Crippen LogP) is 1.15. The maximum absolute atomic E-state index is 10.9. The zero-order chi connectivity index (χ0) is 11.7. The second-order valence-electron chi connectivity index (χ2n) is 3.88. The van der Waals surface area contributed by atoms with Crippen LogP contribution in [0.3, 0.4) is 0 Å². The molecule has 0 bridgehead atoms. The molecule has 0 aliphatic carbocycles. The quantitative estimate of drug-likeness (QED) is 0.843. The van der Waals surface area contributed by atoms with Gasteiger partial charge in [-0.3, -0.25) is 0 Å². The van der Waals surface area contributed by atoms with Gasteiger partial charge in [-0.05, 0) is 14.0 Å². The van der Waals surface area contributed by atoms with Crippen LogP contribution in [0.5, 0.6) is 0 Å². The van der Waals surface area contributed by atoms with Crippen LogP contribution in [0.15, 0.2) is 0 Å². The Morgan fingerprint density at radius 1 is 1.69 bits per heavy atom. The standard InChI is InChI=1S/C10H14N2O3S/c1-6-8(10(13)14)11-9(16-6)7-5-12(2)3-4-15-7/h7H,3-5H2,1-2H3,(H,13,14). The van der Waals surface area contributed by atoms with Gasteiger partial charge in [0.05, 0.1) is 6.61 Å². The highest BCUT2D eigenvalue weighted by Crippen LogP contribution is 2.27. The van der Waals surface area contributed by atoms with Crippen molar-refractivity contribution in [1.82, 2.24) is 9.88 Å². The molecule has 1 aliphatic heterocycles. The Labute approximate surface area is 97.7 Å². The van der Waals surface area contributed by atoms with Gasteiger partial charge in [-0.1, -0.05) is 0 Å². The van der Waals surface area contributed by atoms with Crippen molar-refractivity contribution < 1.29 is 14.6 Å². The van der Waals surface area contributed by atoms with Crippen LogP contribution in [0.25, 0.3) is 0 Å². The number of aryl methyl sites for hydroxylation is 1. The highest BCUT2D eigenvalue weighted by Gasteiger charge is 2.25. The molecule has 5 nitrogen and oxygen atoms in total. The van der Waals surface area contributed by atoms with Crippen LogP contribution in [-0.2, 0) is 4.74 Å². The first-order valence-electron chi connectivity index (χ1n) is 5.08. The third-order valence-electron chi connectivity index (χ3n) is 2.56. The highest BCUT2D eigenvalue weighted by molar-refractivity contribution is 7.11. The zero-order valence-electron chi connectivity index (χ0n) is 9.27. The lowest BCUT2D eigenvalue weighted by atomic mass is 10.3. The van der Waals surface area contributed by atoms with Crippen LogP contribution < -0.4 is 0 Å². The number of morpholine rings is 1. The summed E-state index contributed by atoms with van der Waals surface area (Å²) in [7, 11) is 2.02. The van der Waals surface area contributed by atoms with Crippen molar-refractivity contribution in [1.29, 1.82) is 0 Å². The number of likely N-dealkylation sites (N-methyl/N-ethyl adjacent to an activating group) is 1. The van der Waals surface area contributed by atoms with Gasteiger partial charge in [0.2, 0.25) is 0 Å². The molecule has 0 saturated carbocycles. The van der Waals surface area contributed by atoms with E-state index in [2.05, 4.69) is 9.88 Å². The molecule has 0 spiro atoms. The summed E-state index contributed by atoms with van der Waals surface area (Å²) in [6.45, 7) is 4.12. The summed E-state index contributed by atoms with van der Waals surface area (Å²) in [4.78, 5) is 17.9. The van der Waals surface area contributed by atoms with E-state index >= 15 is 0 Å². The Morgan fingerprint density at radius 2 is 2.44 bits per heavy atom. The van der Waals surface area contributed by atoms with Crippen molar-refractivity contribution in [3.05, 3.63) is 15.6 Å². The minimum Gasteiger partial charge on any atom is -0.476 e. The summed E-state index contributed by atoms with van der Waals surface area (Å²) in [5.74, 6) is -0.968. The minimum absolute atomic E-state index is 0.0875. The molecule has 1 unspecified atom stereocenters. The molecule has 6 heteroatoms. The van der Waals surface area contributed by atoms with Crippen LogP contribution in [-0.4, -0.2) is 47.7 Å². The monoisotopic (exact) mass is 242 g/mol. The Morgan fingerprint density at radius 3 is 3.00 bits per heavy atom. The van der Waals surface area contributed by atoms with Gasteiger partial charge in [-0.15, -0.1) is 11.3 Å². The Kier molecular flexibility index (Phi) is 3.22. The summed E-state index contributed by atoms with van der Waals surface area (Å²) in [6, 6.07) is 0. The lowest BCUT2D eigenvalue weighted by molar-refractivity contribution is -0.0210. The Bertz CT molecular complexity index is 405. The summed E-state index contributed by atoms with van der Waals surface area (Å²) < 4.78 is 5.60. The molecule has 88 valence electrons.